The summed E-state index contributed by atoms with van der Waals surface area (Å²) in [6.45, 7) is 12.3. The van der Waals surface area contributed by atoms with Crippen molar-refractivity contribution in [3.63, 3.8) is 0 Å². The first-order valence-corrected chi connectivity index (χ1v) is 7.94. The summed E-state index contributed by atoms with van der Waals surface area (Å²) < 4.78 is 12.0. The first-order chi connectivity index (χ1) is 9.83. The van der Waals surface area contributed by atoms with Crippen molar-refractivity contribution in [3.8, 4) is 5.75 Å². The predicted molar refractivity (Wildman–Crippen MR) is 87.1 cm³/mol. The van der Waals surface area contributed by atoms with Crippen LogP contribution in [0.15, 0.2) is 18.2 Å². The molecule has 3 heteroatoms. The average molecular weight is 291 g/mol. The highest BCUT2D eigenvalue weighted by Gasteiger charge is 2.26. The first kappa shape index (κ1) is 16.3. The molecule has 0 radical (unpaired) electrons. The van der Waals surface area contributed by atoms with Crippen molar-refractivity contribution >= 4 is 0 Å². The number of ether oxygens (including phenoxy) is 2. The second kappa shape index (κ2) is 6.80. The van der Waals surface area contributed by atoms with Crippen LogP contribution in [0.5, 0.6) is 5.75 Å². The van der Waals surface area contributed by atoms with Gasteiger partial charge in [0.15, 0.2) is 0 Å². The zero-order valence-electron chi connectivity index (χ0n) is 14.0. The van der Waals surface area contributed by atoms with Gasteiger partial charge >= 0.3 is 0 Å². The van der Waals surface area contributed by atoms with Crippen LogP contribution in [0.4, 0.5) is 0 Å². The smallest absolute Gasteiger partial charge is 0.122 e. The third-order valence-corrected chi connectivity index (χ3v) is 3.81. The molecule has 0 saturated carbocycles. The molecule has 1 aliphatic rings. The van der Waals surface area contributed by atoms with E-state index in [1.807, 2.05) is 0 Å². The molecule has 21 heavy (non-hydrogen) atoms. The van der Waals surface area contributed by atoms with E-state index in [9.17, 15) is 0 Å². The van der Waals surface area contributed by atoms with Gasteiger partial charge in [-0.3, -0.25) is 0 Å². The molecule has 0 aliphatic carbocycles. The maximum atomic E-state index is 6.05. The second-order valence-electron chi connectivity index (χ2n) is 7.17. The predicted octanol–water partition coefficient (Wildman–Crippen LogP) is 3.62. The van der Waals surface area contributed by atoms with Crippen molar-refractivity contribution in [1.82, 2.24) is 5.32 Å². The van der Waals surface area contributed by atoms with Gasteiger partial charge in [0.25, 0.3) is 0 Å². The van der Waals surface area contributed by atoms with E-state index in [0.29, 0.717) is 12.7 Å². The van der Waals surface area contributed by atoms with E-state index in [0.717, 1.165) is 25.1 Å². The van der Waals surface area contributed by atoms with E-state index < -0.39 is 0 Å². The molecule has 1 fully saturated rings. The Balaban J connectivity index is 1.75. The van der Waals surface area contributed by atoms with Gasteiger partial charge in [-0.05, 0) is 59.1 Å². The molecule has 1 aromatic carbocycles. The summed E-state index contributed by atoms with van der Waals surface area (Å²) in [5.41, 5.74) is 2.61. The minimum Gasteiger partial charge on any atom is -0.491 e. The number of hydrogen-bond donors (Lipinski definition) is 1. The van der Waals surface area contributed by atoms with Crippen LogP contribution in [-0.2, 0) is 4.74 Å². The molecule has 2 unspecified atom stereocenters. The van der Waals surface area contributed by atoms with Gasteiger partial charge in [0.1, 0.15) is 12.4 Å². The summed E-state index contributed by atoms with van der Waals surface area (Å²) in [5, 5.41) is 3.51. The van der Waals surface area contributed by atoms with Crippen LogP contribution in [0.25, 0.3) is 0 Å². The minimum atomic E-state index is 0.150. The third kappa shape index (κ3) is 5.33. The van der Waals surface area contributed by atoms with Gasteiger partial charge in [-0.15, -0.1) is 0 Å². The Morgan fingerprint density at radius 1 is 1.19 bits per heavy atom. The summed E-state index contributed by atoms with van der Waals surface area (Å²) in [6.07, 6.45) is 2.74. The van der Waals surface area contributed by atoms with Crippen LogP contribution in [0.1, 0.15) is 44.7 Å². The first-order valence-electron chi connectivity index (χ1n) is 7.94. The standard InChI is InChI=1S/C18H29NO2/c1-13-6-9-17(14(2)10-13)20-12-16-8-7-15(21-16)11-19-18(3,4)5/h6,9-10,15-16,19H,7-8,11-12H2,1-5H3. The lowest BCUT2D eigenvalue weighted by molar-refractivity contribution is 0.0160. The van der Waals surface area contributed by atoms with Crippen molar-refractivity contribution in [2.45, 2.75) is 65.2 Å². The fourth-order valence-electron chi connectivity index (χ4n) is 2.62. The van der Waals surface area contributed by atoms with Crippen molar-refractivity contribution in [2.75, 3.05) is 13.2 Å². The Labute approximate surface area is 129 Å². The van der Waals surface area contributed by atoms with Crippen molar-refractivity contribution in [2.24, 2.45) is 0 Å². The molecular formula is C18H29NO2. The maximum absolute atomic E-state index is 6.05. The van der Waals surface area contributed by atoms with E-state index in [1.165, 1.54) is 11.1 Å². The fraction of sp³-hybridized carbons (Fsp3) is 0.667. The summed E-state index contributed by atoms with van der Waals surface area (Å²) in [4.78, 5) is 0. The van der Waals surface area contributed by atoms with E-state index in [-0.39, 0.29) is 11.6 Å². The molecule has 1 aromatic rings. The zero-order valence-corrected chi connectivity index (χ0v) is 14.0. The molecule has 118 valence electrons. The SMILES string of the molecule is Cc1ccc(OCC2CCC(CNC(C)(C)C)O2)c(C)c1. The van der Waals surface area contributed by atoms with Gasteiger partial charge < -0.3 is 14.8 Å². The van der Waals surface area contributed by atoms with E-state index in [1.54, 1.807) is 0 Å². The normalized spacial score (nSPS) is 22.5. The summed E-state index contributed by atoms with van der Waals surface area (Å²) in [5.74, 6) is 0.973. The topological polar surface area (TPSA) is 30.5 Å². The number of nitrogens with one attached hydrogen (secondary N) is 1. The number of benzene rings is 1. The second-order valence-corrected chi connectivity index (χ2v) is 7.17. The Hall–Kier alpha value is -1.06. The average Bonchev–Trinajstić information content (AvgIpc) is 2.82. The van der Waals surface area contributed by atoms with Gasteiger partial charge in [-0.1, -0.05) is 17.7 Å². The van der Waals surface area contributed by atoms with Crippen LogP contribution in [0.3, 0.4) is 0 Å². The lowest BCUT2D eigenvalue weighted by Gasteiger charge is -2.23. The quantitative estimate of drug-likeness (QED) is 0.899. The molecule has 1 heterocycles. The number of rotatable bonds is 5. The van der Waals surface area contributed by atoms with E-state index in [2.05, 4.69) is 58.1 Å². The van der Waals surface area contributed by atoms with Crippen LogP contribution >= 0.6 is 0 Å². The van der Waals surface area contributed by atoms with Gasteiger partial charge in [0.05, 0.1) is 12.2 Å². The van der Waals surface area contributed by atoms with Gasteiger partial charge in [0.2, 0.25) is 0 Å². The largest absolute Gasteiger partial charge is 0.491 e. The molecule has 0 aromatic heterocycles. The Kier molecular flexibility index (Phi) is 5.28. The Bertz CT molecular complexity index is 465. The highest BCUT2D eigenvalue weighted by molar-refractivity contribution is 5.35. The Morgan fingerprint density at radius 2 is 1.90 bits per heavy atom. The molecule has 3 nitrogen and oxygen atoms in total. The summed E-state index contributed by atoms with van der Waals surface area (Å²) in [6, 6.07) is 6.30. The van der Waals surface area contributed by atoms with E-state index >= 15 is 0 Å². The molecule has 1 aliphatic heterocycles. The van der Waals surface area contributed by atoms with Crippen molar-refractivity contribution in [1.29, 1.82) is 0 Å². The van der Waals surface area contributed by atoms with Crippen LogP contribution in [0, 0.1) is 13.8 Å². The molecule has 0 amide bonds. The monoisotopic (exact) mass is 291 g/mol. The summed E-state index contributed by atoms with van der Waals surface area (Å²) >= 11 is 0. The number of aryl methyl sites for hydroxylation is 2. The van der Waals surface area contributed by atoms with Crippen LogP contribution in [-0.4, -0.2) is 30.9 Å². The molecule has 2 atom stereocenters. The lowest BCUT2D eigenvalue weighted by atomic mass is 10.1. The molecular weight excluding hydrogens is 262 g/mol. The summed E-state index contributed by atoms with van der Waals surface area (Å²) in [7, 11) is 0. The van der Waals surface area contributed by atoms with Crippen LogP contribution in [0.2, 0.25) is 0 Å². The molecule has 1 saturated heterocycles. The van der Waals surface area contributed by atoms with Gasteiger partial charge in [0, 0.05) is 12.1 Å². The fourth-order valence-corrected chi connectivity index (χ4v) is 2.62. The molecule has 2 rings (SSSR count). The Morgan fingerprint density at radius 3 is 2.57 bits per heavy atom. The number of hydrogen-bond acceptors (Lipinski definition) is 3. The van der Waals surface area contributed by atoms with Crippen LogP contribution < -0.4 is 10.1 Å². The zero-order chi connectivity index (χ0) is 15.5. The van der Waals surface area contributed by atoms with Crippen molar-refractivity contribution < 1.29 is 9.47 Å². The lowest BCUT2D eigenvalue weighted by Crippen LogP contribution is -2.41. The highest BCUT2D eigenvalue weighted by Crippen LogP contribution is 2.23. The molecule has 1 N–H and O–H groups in total. The minimum absolute atomic E-state index is 0.150. The maximum Gasteiger partial charge on any atom is 0.122 e. The molecule has 0 bridgehead atoms. The third-order valence-electron chi connectivity index (χ3n) is 3.81. The van der Waals surface area contributed by atoms with Gasteiger partial charge in [-0.25, -0.2) is 0 Å². The van der Waals surface area contributed by atoms with Crippen molar-refractivity contribution in [3.05, 3.63) is 29.3 Å². The van der Waals surface area contributed by atoms with E-state index in [4.69, 9.17) is 9.47 Å². The van der Waals surface area contributed by atoms with Gasteiger partial charge in [-0.2, -0.15) is 0 Å². The molecule has 0 spiro atoms. The highest BCUT2D eigenvalue weighted by atomic mass is 16.5.